The van der Waals surface area contributed by atoms with Gasteiger partial charge in [0.15, 0.2) is 0 Å². The molecule has 0 saturated carbocycles. The van der Waals surface area contributed by atoms with Crippen LogP contribution < -0.4 is 16.0 Å². The normalized spacial score (nSPS) is 10.7. The molecule has 4 N–H and O–H groups in total. The van der Waals surface area contributed by atoms with Crippen molar-refractivity contribution < 1.29 is 29.0 Å². The lowest BCUT2D eigenvalue weighted by Crippen LogP contribution is -2.32. The van der Waals surface area contributed by atoms with Gasteiger partial charge in [-0.2, -0.15) is 0 Å². The Kier molecular flexibility index (Phi) is 12.4. The summed E-state index contributed by atoms with van der Waals surface area (Å²) in [5.41, 5.74) is 5.51. The van der Waals surface area contributed by atoms with E-state index in [-0.39, 0.29) is 19.0 Å². The molecule has 0 atom stereocenters. The number of carboxylic acids is 1. The van der Waals surface area contributed by atoms with E-state index < -0.39 is 5.97 Å². The van der Waals surface area contributed by atoms with E-state index in [1.807, 2.05) is 12.2 Å². The molecule has 0 radical (unpaired) electrons. The number of nitrogens with one attached hydrogen (secondary N) is 3. The Morgan fingerprint density at radius 2 is 1.44 bits per heavy atom. The summed E-state index contributed by atoms with van der Waals surface area (Å²) in [6.07, 6.45) is 0.837. The first kappa shape index (κ1) is 26.3. The van der Waals surface area contributed by atoms with Gasteiger partial charge in [0, 0.05) is 19.6 Å². The monoisotopic (exact) mass is 443 g/mol. The highest BCUT2D eigenvalue weighted by Gasteiger charge is 2.27. The molecule has 2 aromatic carbocycles. The highest BCUT2D eigenvalue weighted by atomic mass is 16.5. The first-order valence-electron chi connectivity index (χ1n) is 9.99. The number of fused-ring (bicyclic) bond motifs is 3. The van der Waals surface area contributed by atoms with Gasteiger partial charge in [-0.1, -0.05) is 48.5 Å². The molecule has 32 heavy (non-hydrogen) atoms. The van der Waals surface area contributed by atoms with Crippen LogP contribution in [0.4, 0.5) is 0 Å². The van der Waals surface area contributed by atoms with Gasteiger partial charge in [0.25, 0.3) is 0 Å². The molecule has 0 bridgehead atoms. The molecule has 3 rings (SSSR count). The van der Waals surface area contributed by atoms with Crippen molar-refractivity contribution in [1.29, 1.82) is 0 Å². The molecular formula is C23H29N3O6. The Morgan fingerprint density at radius 1 is 0.938 bits per heavy atom. The predicted molar refractivity (Wildman–Crippen MR) is 120 cm³/mol. The third-order valence-corrected chi connectivity index (χ3v) is 4.35. The van der Waals surface area contributed by atoms with E-state index in [1.54, 1.807) is 7.11 Å². The Balaban J connectivity index is 0.000000274. The number of carboxylic acid groups (broad SMARTS) is 1. The summed E-state index contributed by atoms with van der Waals surface area (Å²) in [5.74, 6) is -0.797. The van der Waals surface area contributed by atoms with Crippen LogP contribution in [0.25, 0.3) is 11.1 Å². The lowest BCUT2D eigenvalue weighted by Gasteiger charge is -2.11. The van der Waals surface area contributed by atoms with Crippen molar-refractivity contribution in [3.8, 4) is 11.1 Å². The highest BCUT2D eigenvalue weighted by molar-refractivity contribution is 5.80. The van der Waals surface area contributed by atoms with E-state index in [0.29, 0.717) is 25.3 Å². The van der Waals surface area contributed by atoms with Gasteiger partial charge < -0.3 is 25.8 Å². The number of likely N-dealkylation sites (N-methyl/N-ethyl adjacent to an activating group) is 1. The summed E-state index contributed by atoms with van der Waals surface area (Å²) < 4.78 is 5.34. The molecule has 0 aromatic heterocycles. The number of ether oxygens (including phenoxy) is 1. The van der Waals surface area contributed by atoms with Gasteiger partial charge in [-0.15, -0.1) is 0 Å². The van der Waals surface area contributed by atoms with E-state index in [1.165, 1.54) is 22.3 Å². The van der Waals surface area contributed by atoms with E-state index in [4.69, 9.17) is 9.84 Å². The van der Waals surface area contributed by atoms with Gasteiger partial charge in [0.1, 0.15) is 6.54 Å². The molecule has 3 amide bonds. The molecule has 172 valence electrons. The van der Waals surface area contributed by atoms with Crippen LogP contribution in [-0.2, 0) is 23.9 Å². The molecule has 1 aliphatic rings. The minimum Gasteiger partial charge on any atom is -0.480 e. The van der Waals surface area contributed by atoms with Gasteiger partial charge in [-0.3, -0.25) is 19.2 Å². The fourth-order valence-electron chi connectivity index (χ4n) is 3.13. The average Bonchev–Trinajstić information content (AvgIpc) is 3.12. The van der Waals surface area contributed by atoms with Crippen LogP contribution in [0.15, 0.2) is 48.5 Å². The van der Waals surface area contributed by atoms with Crippen molar-refractivity contribution in [2.45, 2.75) is 12.8 Å². The van der Waals surface area contributed by atoms with Crippen LogP contribution in [0.5, 0.6) is 0 Å². The van der Waals surface area contributed by atoms with Crippen molar-refractivity contribution in [3.63, 3.8) is 0 Å². The second-order valence-corrected chi connectivity index (χ2v) is 6.53. The van der Waals surface area contributed by atoms with E-state index in [0.717, 1.165) is 6.61 Å². The van der Waals surface area contributed by atoms with Crippen LogP contribution in [0.3, 0.4) is 0 Å². The molecule has 1 aliphatic carbocycles. The highest BCUT2D eigenvalue weighted by Crippen LogP contribution is 2.44. The topological polar surface area (TPSA) is 134 Å². The summed E-state index contributed by atoms with van der Waals surface area (Å²) in [6, 6.07) is 17.2. The van der Waals surface area contributed by atoms with Crippen LogP contribution in [0.2, 0.25) is 0 Å². The smallest absolute Gasteiger partial charge is 0.322 e. The second kappa shape index (κ2) is 15.1. The number of methoxy groups -OCH3 is 1. The number of hydrogen-bond donors (Lipinski definition) is 4. The molecule has 9 nitrogen and oxygen atoms in total. The second-order valence-electron chi connectivity index (χ2n) is 6.53. The Bertz CT molecular complexity index is 842. The van der Waals surface area contributed by atoms with Gasteiger partial charge in [0.2, 0.25) is 18.7 Å². The van der Waals surface area contributed by atoms with Crippen LogP contribution in [0.1, 0.15) is 24.0 Å². The minimum absolute atomic E-state index is 0.0668. The first-order chi connectivity index (χ1) is 15.5. The largest absolute Gasteiger partial charge is 0.480 e. The number of carbonyl (C=O) groups excluding carboxylic acids is 3. The number of carbonyl (C=O) groups is 4. The fourth-order valence-corrected chi connectivity index (χ4v) is 3.13. The van der Waals surface area contributed by atoms with Crippen LogP contribution >= 0.6 is 0 Å². The maximum absolute atomic E-state index is 10.5. The molecular weight excluding hydrogens is 414 g/mol. The van der Waals surface area contributed by atoms with Crippen molar-refractivity contribution in [2.24, 2.45) is 0 Å². The van der Waals surface area contributed by atoms with E-state index >= 15 is 0 Å². The summed E-state index contributed by atoms with van der Waals surface area (Å²) in [6.45, 7) is 2.94. The molecule has 2 aromatic rings. The molecule has 0 unspecified atom stereocenters. The molecule has 0 spiro atoms. The van der Waals surface area contributed by atoms with Crippen LogP contribution in [0, 0.1) is 0 Å². The number of aliphatic carboxylic acids is 1. The maximum atomic E-state index is 10.5. The zero-order valence-corrected chi connectivity index (χ0v) is 18.2. The third kappa shape index (κ3) is 8.57. The molecule has 0 fully saturated rings. The van der Waals surface area contributed by atoms with E-state index in [9.17, 15) is 19.2 Å². The average molecular weight is 444 g/mol. The SMILES string of the molecule is CCNC(=O)CNC=O.COCC1c2ccccc2-c2ccccc21.O=CNCC(=O)O. The molecule has 0 heterocycles. The van der Waals surface area contributed by atoms with E-state index in [2.05, 4.69) is 59.2 Å². The number of amides is 3. The number of hydrogen-bond acceptors (Lipinski definition) is 5. The summed E-state index contributed by atoms with van der Waals surface area (Å²) in [7, 11) is 1.77. The lowest BCUT2D eigenvalue weighted by molar-refractivity contribution is -0.136. The van der Waals surface area contributed by atoms with Crippen LogP contribution in [-0.4, -0.2) is 63.2 Å². The number of rotatable bonds is 9. The Labute approximate surface area is 187 Å². The quantitative estimate of drug-likeness (QED) is 0.429. The lowest BCUT2D eigenvalue weighted by atomic mass is 9.98. The first-order valence-corrected chi connectivity index (χ1v) is 9.99. The zero-order chi connectivity index (χ0) is 23.8. The van der Waals surface area contributed by atoms with Crippen molar-refractivity contribution in [3.05, 3.63) is 59.7 Å². The summed E-state index contributed by atoms with van der Waals surface area (Å²) in [4.78, 5) is 39.0. The standard InChI is InChI=1S/C15H14O.C5H10N2O2.C3H5NO3/c1-16-10-15-13-8-4-2-6-11(13)12-7-3-5-9-14(12)15;1-2-7-5(9)3-6-4-8;5-2-4-1-3(6)7/h2-9,15H,10H2,1H3;4H,2-3H2,1H3,(H,6,8)(H,7,9);2H,1H2,(H,4,5)(H,6,7). The van der Waals surface area contributed by atoms with Crippen molar-refractivity contribution in [2.75, 3.05) is 33.4 Å². The Morgan fingerprint density at radius 3 is 1.84 bits per heavy atom. The van der Waals surface area contributed by atoms with Gasteiger partial charge in [-0.05, 0) is 29.2 Å². The third-order valence-electron chi connectivity index (χ3n) is 4.35. The van der Waals surface area contributed by atoms with Gasteiger partial charge in [-0.25, -0.2) is 0 Å². The Hall–Kier alpha value is -3.72. The fraction of sp³-hybridized carbons (Fsp3) is 0.304. The van der Waals surface area contributed by atoms with Gasteiger partial charge >= 0.3 is 5.97 Å². The summed E-state index contributed by atoms with van der Waals surface area (Å²) in [5, 5.41) is 14.6. The molecule has 9 heteroatoms. The van der Waals surface area contributed by atoms with Crippen molar-refractivity contribution in [1.82, 2.24) is 16.0 Å². The predicted octanol–water partition coefficient (Wildman–Crippen LogP) is 1.13. The maximum Gasteiger partial charge on any atom is 0.322 e. The minimum atomic E-state index is -1.04. The zero-order valence-electron chi connectivity index (χ0n) is 18.2. The summed E-state index contributed by atoms with van der Waals surface area (Å²) >= 11 is 0. The molecule has 0 aliphatic heterocycles. The molecule has 0 saturated heterocycles. The van der Waals surface area contributed by atoms with Crippen molar-refractivity contribution >= 4 is 24.7 Å². The number of benzene rings is 2. The van der Waals surface area contributed by atoms with Gasteiger partial charge in [0.05, 0.1) is 13.2 Å².